The van der Waals surface area contributed by atoms with Gasteiger partial charge in [-0.3, -0.25) is 0 Å². The van der Waals surface area contributed by atoms with Gasteiger partial charge in [-0.15, -0.1) is 0 Å². The minimum Gasteiger partial charge on any atom is -0.341 e. The molecule has 1 N–H and O–H groups in total. The van der Waals surface area contributed by atoms with Crippen molar-refractivity contribution < 1.29 is 0 Å². The highest BCUT2D eigenvalue weighted by atomic mass is 15.3. The highest BCUT2D eigenvalue weighted by Gasteiger charge is 2.30. The highest BCUT2D eigenvalue weighted by Crippen LogP contribution is 2.26. The number of fused-ring (bicyclic) bond motifs is 3. The molecule has 3 heterocycles. The number of rotatable bonds is 1. The molecule has 100 valence electrons. The molecule has 0 saturated carbocycles. The summed E-state index contributed by atoms with van der Waals surface area (Å²) in [5.41, 5.74) is 2.32. The zero-order valence-electron chi connectivity index (χ0n) is 11.3. The van der Waals surface area contributed by atoms with E-state index in [4.69, 9.17) is 4.98 Å². The van der Waals surface area contributed by atoms with E-state index >= 15 is 0 Å². The van der Waals surface area contributed by atoms with Gasteiger partial charge >= 0.3 is 0 Å². The Labute approximate surface area is 113 Å². The molecule has 2 aliphatic rings. The maximum Gasteiger partial charge on any atom is 0.206 e. The average Bonchev–Trinajstić information content (AvgIpc) is 2.92. The molecule has 4 heteroatoms. The predicted octanol–water partition coefficient (Wildman–Crippen LogP) is 1.90. The van der Waals surface area contributed by atoms with Crippen LogP contribution in [0.3, 0.4) is 0 Å². The van der Waals surface area contributed by atoms with Crippen molar-refractivity contribution >= 4 is 17.0 Å². The second-order valence-corrected chi connectivity index (χ2v) is 5.83. The van der Waals surface area contributed by atoms with Gasteiger partial charge in [-0.05, 0) is 31.4 Å². The van der Waals surface area contributed by atoms with Crippen molar-refractivity contribution in [3.63, 3.8) is 0 Å². The van der Waals surface area contributed by atoms with Gasteiger partial charge < -0.3 is 14.8 Å². The highest BCUT2D eigenvalue weighted by molar-refractivity contribution is 5.78. The second-order valence-electron chi connectivity index (χ2n) is 5.83. The molecular weight excluding hydrogens is 236 g/mol. The van der Waals surface area contributed by atoms with Crippen LogP contribution in [0.25, 0.3) is 11.0 Å². The summed E-state index contributed by atoms with van der Waals surface area (Å²) in [5, 5.41) is 3.73. The smallest absolute Gasteiger partial charge is 0.206 e. The molecular formula is C15H20N4. The fraction of sp³-hybridized carbons (Fsp3) is 0.533. The number of hydrogen-bond acceptors (Lipinski definition) is 3. The number of nitrogens with zero attached hydrogens (tertiary/aromatic N) is 3. The minimum atomic E-state index is 0.646. The molecule has 4 rings (SSSR count). The van der Waals surface area contributed by atoms with Gasteiger partial charge in [0, 0.05) is 32.2 Å². The largest absolute Gasteiger partial charge is 0.341 e. The van der Waals surface area contributed by atoms with Gasteiger partial charge in [0.15, 0.2) is 0 Å². The Kier molecular flexibility index (Phi) is 2.52. The predicted molar refractivity (Wildman–Crippen MR) is 77.5 cm³/mol. The Bertz CT molecular complexity index is 603. The number of anilines is 1. The van der Waals surface area contributed by atoms with Crippen LogP contribution in [0, 0.1) is 0 Å². The first kappa shape index (κ1) is 11.3. The lowest BCUT2D eigenvalue weighted by Crippen LogP contribution is -2.36. The van der Waals surface area contributed by atoms with Crippen molar-refractivity contribution in [1.29, 1.82) is 0 Å². The Morgan fingerprint density at radius 2 is 2.00 bits per heavy atom. The molecule has 2 saturated heterocycles. The van der Waals surface area contributed by atoms with E-state index in [9.17, 15) is 0 Å². The summed E-state index contributed by atoms with van der Waals surface area (Å²) in [4.78, 5) is 7.28. The molecule has 2 atom stereocenters. The van der Waals surface area contributed by atoms with Crippen LogP contribution in [0.1, 0.15) is 19.3 Å². The van der Waals surface area contributed by atoms with E-state index in [0.717, 1.165) is 30.6 Å². The SMILES string of the molecule is Cn1c(N2CCC3CCC(C2)N3)nc2ccccc21. The Morgan fingerprint density at radius 1 is 1.16 bits per heavy atom. The standard InChI is InChI=1S/C15H20N4/c1-18-14-5-3-2-4-13(14)17-15(18)19-9-8-11-6-7-12(10-19)16-11/h2-5,11-12,16H,6-10H2,1H3. The third-order valence-electron chi connectivity index (χ3n) is 4.57. The Balaban J connectivity index is 1.71. The van der Waals surface area contributed by atoms with E-state index in [-0.39, 0.29) is 0 Å². The topological polar surface area (TPSA) is 33.1 Å². The molecule has 1 aromatic carbocycles. The maximum atomic E-state index is 4.82. The van der Waals surface area contributed by atoms with E-state index in [1.165, 1.54) is 24.8 Å². The van der Waals surface area contributed by atoms with E-state index in [1.807, 2.05) is 0 Å². The maximum absolute atomic E-state index is 4.82. The van der Waals surface area contributed by atoms with Crippen molar-refractivity contribution in [2.45, 2.75) is 31.3 Å². The molecule has 4 nitrogen and oxygen atoms in total. The lowest BCUT2D eigenvalue weighted by molar-refractivity contribution is 0.563. The molecule has 2 aromatic rings. The van der Waals surface area contributed by atoms with Gasteiger partial charge in [0.1, 0.15) is 0 Å². The van der Waals surface area contributed by atoms with Gasteiger partial charge in [0.05, 0.1) is 11.0 Å². The first-order valence-corrected chi connectivity index (χ1v) is 7.24. The van der Waals surface area contributed by atoms with Crippen molar-refractivity contribution in [1.82, 2.24) is 14.9 Å². The third kappa shape index (κ3) is 1.82. The average molecular weight is 256 g/mol. The summed E-state index contributed by atoms with van der Waals surface area (Å²) < 4.78 is 2.23. The number of aryl methyl sites for hydroxylation is 1. The van der Waals surface area contributed by atoms with E-state index < -0.39 is 0 Å². The van der Waals surface area contributed by atoms with Gasteiger partial charge in [0.25, 0.3) is 0 Å². The summed E-state index contributed by atoms with van der Waals surface area (Å²) in [7, 11) is 2.13. The Hall–Kier alpha value is -1.55. The molecule has 2 unspecified atom stereocenters. The molecule has 0 amide bonds. The second kappa shape index (κ2) is 4.23. The van der Waals surface area contributed by atoms with Crippen LogP contribution in [0.15, 0.2) is 24.3 Å². The van der Waals surface area contributed by atoms with Gasteiger partial charge in [-0.2, -0.15) is 0 Å². The fourth-order valence-electron chi connectivity index (χ4n) is 3.54. The number of benzene rings is 1. The minimum absolute atomic E-state index is 0.646. The lowest BCUT2D eigenvalue weighted by atomic mass is 10.1. The van der Waals surface area contributed by atoms with Crippen LogP contribution in [-0.4, -0.2) is 34.7 Å². The summed E-state index contributed by atoms with van der Waals surface area (Å²) >= 11 is 0. The number of hydrogen-bond donors (Lipinski definition) is 1. The van der Waals surface area contributed by atoms with Crippen LogP contribution >= 0.6 is 0 Å². The van der Waals surface area contributed by atoms with Crippen LogP contribution in [-0.2, 0) is 7.05 Å². The van der Waals surface area contributed by atoms with E-state index in [1.54, 1.807) is 0 Å². The van der Waals surface area contributed by atoms with Crippen LogP contribution < -0.4 is 10.2 Å². The Morgan fingerprint density at radius 3 is 2.89 bits per heavy atom. The van der Waals surface area contributed by atoms with Gasteiger partial charge in [-0.25, -0.2) is 4.98 Å². The number of imidazole rings is 1. The van der Waals surface area contributed by atoms with E-state index in [2.05, 4.69) is 46.1 Å². The van der Waals surface area contributed by atoms with Crippen molar-refractivity contribution in [3.05, 3.63) is 24.3 Å². The zero-order valence-corrected chi connectivity index (χ0v) is 11.3. The number of aromatic nitrogens is 2. The number of nitrogens with one attached hydrogen (secondary N) is 1. The van der Waals surface area contributed by atoms with Crippen LogP contribution in [0.5, 0.6) is 0 Å². The first-order valence-electron chi connectivity index (χ1n) is 7.24. The third-order valence-corrected chi connectivity index (χ3v) is 4.57. The van der Waals surface area contributed by atoms with Crippen LogP contribution in [0.2, 0.25) is 0 Å². The molecule has 0 aliphatic carbocycles. The van der Waals surface area contributed by atoms with Gasteiger partial charge in [-0.1, -0.05) is 12.1 Å². The molecule has 2 bridgehead atoms. The lowest BCUT2D eigenvalue weighted by Gasteiger charge is -2.25. The van der Waals surface area contributed by atoms with Crippen molar-refractivity contribution in [2.24, 2.45) is 7.05 Å². The fourth-order valence-corrected chi connectivity index (χ4v) is 3.54. The molecule has 0 radical (unpaired) electrons. The number of para-hydroxylation sites is 2. The molecule has 2 aliphatic heterocycles. The van der Waals surface area contributed by atoms with Crippen molar-refractivity contribution in [3.8, 4) is 0 Å². The molecule has 19 heavy (non-hydrogen) atoms. The monoisotopic (exact) mass is 256 g/mol. The molecule has 2 fully saturated rings. The van der Waals surface area contributed by atoms with E-state index in [0.29, 0.717) is 6.04 Å². The quantitative estimate of drug-likeness (QED) is 0.846. The molecule has 1 aromatic heterocycles. The summed E-state index contributed by atoms with van der Waals surface area (Å²) in [6, 6.07) is 9.76. The summed E-state index contributed by atoms with van der Waals surface area (Å²) in [6.07, 6.45) is 3.89. The normalized spacial score (nSPS) is 26.9. The van der Waals surface area contributed by atoms with Crippen molar-refractivity contribution in [2.75, 3.05) is 18.0 Å². The van der Waals surface area contributed by atoms with Gasteiger partial charge in [0.2, 0.25) is 5.95 Å². The molecule has 0 spiro atoms. The summed E-state index contributed by atoms with van der Waals surface area (Å²) in [6.45, 7) is 2.21. The zero-order chi connectivity index (χ0) is 12.8. The first-order chi connectivity index (χ1) is 9.31. The summed E-state index contributed by atoms with van der Waals surface area (Å²) in [5.74, 6) is 1.12. The van der Waals surface area contributed by atoms with Crippen LogP contribution in [0.4, 0.5) is 5.95 Å².